The first-order valence-electron chi connectivity index (χ1n) is 7.86. The first-order valence-corrected chi connectivity index (χ1v) is 8.24. The number of carbonyl (C=O) groups excluding carboxylic acids is 3. The molecule has 1 aliphatic rings. The second-order valence-corrected chi connectivity index (χ2v) is 6.79. The molecule has 7 heteroatoms. The number of hydrogen-bond donors (Lipinski definition) is 0. The van der Waals surface area contributed by atoms with Gasteiger partial charge in [-0.05, 0) is 56.7 Å². The Hall–Kier alpha value is -2.86. The van der Waals surface area contributed by atoms with E-state index in [1.165, 1.54) is 26.0 Å². The quantitative estimate of drug-likeness (QED) is 0.766. The second-order valence-electron chi connectivity index (χ2n) is 6.35. The highest BCUT2D eigenvalue weighted by Gasteiger charge is 2.42. The molecule has 1 heterocycles. The molecule has 0 bridgehead atoms. The van der Waals surface area contributed by atoms with Crippen molar-refractivity contribution in [3.05, 3.63) is 64.2 Å². The van der Waals surface area contributed by atoms with Crippen molar-refractivity contribution in [2.75, 3.05) is 0 Å². The molecular formula is C19H16ClNO5. The van der Waals surface area contributed by atoms with Crippen LogP contribution in [0.1, 0.15) is 40.1 Å². The van der Waals surface area contributed by atoms with Gasteiger partial charge in [-0.3, -0.25) is 9.59 Å². The van der Waals surface area contributed by atoms with Gasteiger partial charge in [-0.25, -0.2) is 4.79 Å². The zero-order valence-electron chi connectivity index (χ0n) is 14.4. The van der Waals surface area contributed by atoms with Gasteiger partial charge in [0.15, 0.2) is 0 Å². The number of ether oxygens (including phenoxy) is 1. The number of hydrogen-bond acceptors (Lipinski definition) is 5. The number of halogens is 1. The van der Waals surface area contributed by atoms with E-state index in [0.29, 0.717) is 15.8 Å². The highest BCUT2D eigenvalue weighted by molar-refractivity contribution is 6.30. The summed E-state index contributed by atoms with van der Waals surface area (Å²) in [5.74, 6) is -1.80. The zero-order valence-corrected chi connectivity index (χ0v) is 15.2. The number of carbonyl (C=O) groups is 3. The van der Waals surface area contributed by atoms with Crippen LogP contribution in [0.3, 0.4) is 0 Å². The highest BCUT2D eigenvalue weighted by Crippen LogP contribution is 2.28. The fourth-order valence-electron chi connectivity index (χ4n) is 2.49. The van der Waals surface area contributed by atoms with Gasteiger partial charge in [0.25, 0.3) is 11.8 Å². The maximum Gasteiger partial charge on any atom is 0.375 e. The van der Waals surface area contributed by atoms with E-state index in [9.17, 15) is 14.4 Å². The van der Waals surface area contributed by atoms with Crippen LogP contribution in [0.15, 0.2) is 42.5 Å². The summed E-state index contributed by atoms with van der Waals surface area (Å²) in [5.41, 5.74) is -0.317. The molecule has 6 nitrogen and oxygen atoms in total. The third-order valence-corrected chi connectivity index (χ3v) is 4.16. The van der Waals surface area contributed by atoms with E-state index in [1.807, 2.05) is 0 Å². The van der Waals surface area contributed by atoms with Crippen LogP contribution < -0.4 is 4.74 Å². The molecule has 26 heavy (non-hydrogen) atoms. The Morgan fingerprint density at radius 1 is 1.04 bits per heavy atom. The second kappa shape index (κ2) is 6.46. The van der Waals surface area contributed by atoms with Gasteiger partial charge in [0.2, 0.25) is 5.60 Å². The first kappa shape index (κ1) is 17.9. The first-order chi connectivity index (χ1) is 12.2. The maximum absolute atomic E-state index is 12.5. The van der Waals surface area contributed by atoms with Crippen LogP contribution in [0.4, 0.5) is 0 Å². The van der Waals surface area contributed by atoms with Crippen LogP contribution >= 0.6 is 11.6 Å². The zero-order chi connectivity index (χ0) is 19.1. The van der Waals surface area contributed by atoms with Crippen LogP contribution in [0.5, 0.6) is 5.75 Å². The van der Waals surface area contributed by atoms with E-state index in [2.05, 4.69) is 0 Å². The average Bonchev–Trinajstić information content (AvgIpc) is 2.83. The summed E-state index contributed by atoms with van der Waals surface area (Å²) < 4.78 is 5.72. The van der Waals surface area contributed by atoms with Crippen molar-refractivity contribution in [1.29, 1.82) is 0 Å². The van der Waals surface area contributed by atoms with Gasteiger partial charge >= 0.3 is 5.97 Å². The smallest absolute Gasteiger partial charge is 0.375 e. The minimum absolute atomic E-state index is 0.192. The number of hydroxylamine groups is 2. The van der Waals surface area contributed by atoms with Gasteiger partial charge in [0.1, 0.15) is 5.75 Å². The van der Waals surface area contributed by atoms with Crippen molar-refractivity contribution in [2.24, 2.45) is 0 Å². The largest absolute Gasteiger partial charge is 0.476 e. The molecule has 0 aliphatic carbocycles. The van der Waals surface area contributed by atoms with Crippen LogP contribution in [0.2, 0.25) is 5.02 Å². The van der Waals surface area contributed by atoms with E-state index < -0.39 is 23.4 Å². The monoisotopic (exact) mass is 373 g/mol. The molecule has 0 saturated heterocycles. The van der Waals surface area contributed by atoms with Gasteiger partial charge in [-0.1, -0.05) is 28.8 Å². The summed E-state index contributed by atoms with van der Waals surface area (Å²) in [6, 6.07) is 11.2. The lowest BCUT2D eigenvalue weighted by molar-refractivity contribution is -0.184. The molecule has 0 atom stereocenters. The lowest BCUT2D eigenvalue weighted by atomic mass is 10.1. The predicted molar refractivity (Wildman–Crippen MR) is 93.9 cm³/mol. The SMILES string of the molecule is Cc1cc(Cl)ccc1OC(C)(C)C(=O)ON1C(=O)c2ccccc2C1=O. The summed E-state index contributed by atoms with van der Waals surface area (Å²) in [7, 11) is 0. The number of nitrogens with zero attached hydrogens (tertiary/aromatic N) is 1. The fraction of sp³-hybridized carbons (Fsp3) is 0.211. The van der Waals surface area contributed by atoms with E-state index in [4.69, 9.17) is 21.2 Å². The number of imide groups is 1. The molecule has 0 radical (unpaired) electrons. The Balaban J connectivity index is 1.77. The molecule has 3 rings (SSSR count). The summed E-state index contributed by atoms with van der Waals surface area (Å²) in [6.07, 6.45) is 0. The van der Waals surface area contributed by atoms with Crippen LogP contribution in [0.25, 0.3) is 0 Å². The summed E-state index contributed by atoms with van der Waals surface area (Å²) in [4.78, 5) is 42.2. The Morgan fingerprint density at radius 2 is 1.62 bits per heavy atom. The molecule has 0 fully saturated rings. The maximum atomic E-state index is 12.5. The molecule has 0 saturated carbocycles. The molecule has 2 aromatic rings. The summed E-state index contributed by atoms with van der Waals surface area (Å²) in [5, 5.41) is 1.01. The van der Waals surface area contributed by atoms with Gasteiger partial charge in [-0.15, -0.1) is 0 Å². The molecule has 2 aromatic carbocycles. The third kappa shape index (κ3) is 3.15. The van der Waals surface area contributed by atoms with Crippen LogP contribution in [-0.4, -0.2) is 28.4 Å². The molecule has 2 amide bonds. The molecular weight excluding hydrogens is 358 g/mol. The number of fused-ring (bicyclic) bond motifs is 1. The number of benzene rings is 2. The molecule has 0 aromatic heterocycles. The molecule has 0 spiro atoms. The summed E-state index contributed by atoms with van der Waals surface area (Å²) in [6.45, 7) is 4.76. The fourth-order valence-corrected chi connectivity index (χ4v) is 2.71. The van der Waals surface area contributed by atoms with E-state index in [-0.39, 0.29) is 11.1 Å². The molecule has 1 aliphatic heterocycles. The Labute approximate surface area is 155 Å². The van der Waals surface area contributed by atoms with Gasteiger partial charge in [0.05, 0.1) is 11.1 Å². The molecule has 0 unspecified atom stereocenters. The van der Waals surface area contributed by atoms with Crippen molar-refractivity contribution >= 4 is 29.4 Å². The van der Waals surface area contributed by atoms with Crippen LogP contribution in [0, 0.1) is 6.92 Å². The Kier molecular flexibility index (Phi) is 4.46. The highest BCUT2D eigenvalue weighted by atomic mass is 35.5. The molecule has 134 valence electrons. The average molecular weight is 374 g/mol. The number of aryl methyl sites for hydroxylation is 1. The Bertz CT molecular complexity index is 887. The van der Waals surface area contributed by atoms with Gasteiger partial charge < -0.3 is 9.57 Å². The van der Waals surface area contributed by atoms with Gasteiger partial charge in [0, 0.05) is 5.02 Å². The number of amides is 2. The summed E-state index contributed by atoms with van der Waals surface area (Å²) >= 11 is 5.91. The van der Waals surface area contributed by atoms with Crippen molar-refractivity contribution in [3.8, 4) is 5.75 Å². The van der Waals surface area contributed by atoms with Crippen molar-refractivity contribution in [1.82, 2.24) is 5.06 Å². The van der Waals surface area contributed by atoms with Crippen molar-refractivity contribution < 1.29 is 24.0 Å². The topological polar surface area (TPSA) is 72.9 Å². The van der Waals surface area contributed by atoms with Crippen molar-refractivity contribution in [2.45, 2.75) is 26.4 Å². The van der Waals surface area contributed by atoms with E-state index >= 15 is 0 Å². The normalized spacial score (nSPS) is 13.6. The predicted octanol–water partition coefficient (Wildman–Crippen LogP) is 3.56. The van der Waals surface area contributed by atoms with Gasteiger partial charge in [-0.2, -0.15) is 0 Å². The van der Waals surface area contributed by atoms with E-state index in [0.717, 1.165) is 5.56 Å². The van der Waals surface area contributed by atoms with Crippen LogP contribution in [-0.2, 0) is 9.63 Å². The molecule has 0 N–H and O–H groups in total. The Morgan fingerprint density at radius 3 is 2.15 bits per heavy atom. The minimum Gasteiger partial charge on any atom is -0.476 e. The van der Waals surface area contributed by atoms with Crippen molar-refractivity contribution in [3.63, 3.8) is 0 Å². The lowest BCUT2D eigenvalue weighted by Gasteiger charge is -2.26. The minimum atomic E-state index is -1.44. The van der Waals surface area contributed by atoms with E-state index in [1.54, 1.807) is 37.3 Å². The standard InChI is InChI=1S/C19H16ClNO5/c1-11-10-12(20)8-9-15(11)25-19(2,3)18(24)26-21-16(22)13-6-4-5-7-14(13)17(21)23/h4-10H,1-3H3. The third-order valence-electron chi connectivity index (χ3n) is 3.92. The number of rotatable bonds is 4. The lowest BCUT2D eigenvalue weighted by Crippen LogP contribution is -2.45.